The fourth-order valence-electron chi connectivity index (χ4n) is 3.58. The predicted molar refractivity (Wildman–Crippen MR) is 134 cm³/mol. The zero-order chi connectivity index (χ0) is 24.1. The second kappa shape index (κ2) is 10.5. The van der Waals surface area contributed by atoms with E-state index >= 15 is 0 Å². The number of nitrogens with one attached hydrogen (secondary N) is 2. The molecule has 4 rings (SSSR count). The Bertz CT molecular complexity index is 1220. The summed E-state index contributed by atoms with van der Waals surface area (Å²) < 4.78 is 0. The second-order valence-electron chi connectivity index (χ2n) is 7.65. The van der Waals surface area contributed by atoms with Gasteiger partial charge in [-0.2, -0.15) is 0 Å². The molecule has 1 fully saturated rings. The number of carbonyl (C=O) groups is 3. The summed E-state index contributed by atoms with van der Waals surface area (Å²) in [4.78, 5) is 40.3. The van der Waals surface area contributed by atoms with E-state index in [1.165, 1.54) is 9.91 Å². The van der Waals surface area contributed by atoms with Crippen LogP contribution in [-0.4, -0.2) is 38.8 Å². The van der Waals surface area contributed by atoms with Crippen molar-refractivity contribution in [2.24, 2.45) is 0 Å². The Hall–Kier alpha value is -3.75. The number of hydrogen-bond donors (Lipinski definition) is 2. The lowest BCUT2D eigenvalue weighted by atomic mass is 10.1. The van der Waals surface area contributed by atoms with Crippen molar-refractivity contribution in [2.45, 2.75) is 19.0 Å². The van der Waals surface area contributed by atoms with Gasteiger partial charge < -0.3 is 5.32 Å². The molecule has 172 valence electrons. The van der Waals surface area contributed by atoms with Gasteiger partial charge in [-0.3, -0.25) is 24.7 Å². The Labute approximate surface area is 207 Å². The molecule has 0 radical (unpaired) electrons. The second-order valence-corrected chi connectivity index (χ2v) is 8.45. The Morgan fingerprint density at radius 2 is 1.62 bits per heavy atom. The highest BCUT2D eigenvalue weighted by atomic mass is 35.5. The van der Waals surface area contributed by atoms with Crippen molar-refractivity contribution in [3.05, 3.63) is 101 Å². The molecule has 34 heavy (non-hydrogen) atoms. The van der Waals surface area contributed by atoms with Gasteiger partial charge in [0.05, 0.1) is 13.0 Å². The molecule has 3 aromatic rings. The summed E-state index contributed by atoms with van der Waals surface area (Å²) in [6.07, 6.45) is -0.216. The van der Waals surface area contributed by atoms with E-state index in [0.717, 1.165) is 5.56 Å². The molecule has 3 amide bonds. The number of nitrogens with zero attached hydrogens (tertiary/aromatic N) is 2. The molecule has 3 aromatic carbocycles. The highest BCUT2D eigenvalue weighted by molar-refractivity contribution is 7.80. The summed E-state index contributed by atoms with van der Waals surface area (Å²) in [5.74, 6) is -1.22. The summed E-state index contributed by atoms with van der Waals surface area (Å²) in [6, 6.07) is 23.6. The topological polar surface area (TPSA) is 81.8 Å². The number of carbonyl (C=O) groups excluding carboxylic acids is 3. The van der Waals surface area contributed by atoms with Crippen LogP contribution >= 0.6 is 23.8 Å². The zero-order valence-corrected chi connectivity index (χ0v) is 19.6. The molecular weight excluding hydrogens is 472 g/mol. The van der Waals surface area contributed by atoms with Gasteiger partial charge in [0.25, 0.3) is 11.8 Å². The smallest absolute Gasteiger partial charge is 0.269 e. The van der Waals surface area contributed by atoms with Crippen LogP contribution in [0.15, 0.2) is 84.9 Å². The van der Waals surface area contributed by atoms with Crippen LogP contribution in [-0.2, 0) is 16.1 Å². The van der Waals surface area contributed by atoms with Gasteiger partial charge in [0, 0.05) is 16.3 Å². The van der Waals surface area contributed by atoms with Crippen LogP contribution in [0.3, 0.4) is 0 Å². The van der Waals surface area contributed by atoms with Crippen molar-refractivity contribution in [1.82, 2.24) is 15.3 Å². The lowest BCUT2D eigenvalue weighted by Gasteiger charge is -2.24. The minimum absolute atomic E-state index is 0.124. The number of hydrogen-bond acceptors (Lipinski definition) is 4. The van der Waals surface area contributed by atoms with Crippen molar-refractivity contribution in [1.29, 1.82) is 0 Å². The molecule has 1 aliphatic heterocycles. The molecular formula is C25H21ClN4O3S. The van der Waals surface area contributed by atoms with Gasteiger partial charge in [-0.15, -0.1) is 0 Å². The van der Waals surface area contributed by atoms with E-state index in [9.17, 15) is 14.4 Å². The Morgan fingerprint density at radius 1 is 0.941 bits per heavy atom. The molecule has 0 bridgehead atoms. The highest BCUT2D eigenvalue weighted by Crippen LogP contribution is 2.23. The molecule has 7 nitrogen and oxygen atoms in total. The maximum atomic E-state index is 13.3. The summed E-state index contributed by atoms with van der Waals surface area (Å²) in [7, 11) is 0. The van der Waals surface area contributed by atoms with Gasteiger partial charge in [-0.1, -0.05) is 66.2 Å². The molecule has 1 unspecified atom stereocenters. The normalized spacial score (nSPS) is 15.4. The Kier molecular flexibility index (Phi) is 7.20. The van der Waals surface area contributed by atoms with E-state index in [1.807, 2.05) is 30.3 Å². The van der Waals surface area contributed by atoms with Crippen molar-refractivity contribution in [3.63, 3.8) is 0 Å². The van der Waals surface area contributed by atoms with Gasteiger partial charge in [0.2, 0.25) is 5.91 Å². The third kappa shape index (κ3) is 5.41. The predicted octanol–water partition coefficient (Wildman–Crippen LogP) is 4.01. The van der Waals surface area contributed by atoms with Gasteiger partial charge in [-0.05, 0) is 48.1 Å². The Balaban J connectivity index is 1.55. The van der Waals surface area contributed by atoms with Crippen LogP contribution in [0.2, 0.25) is 5.02 Å². The number of hydrazine groups is 1. The van der Waals surface area contributed by atoms with Gasteiger partial charge >= 0.3 is 0 Å². The SMILES string of the molecule is O=C(CC1C(=O)N(Cc2ccccc2)C(=S)N1NC(=O)c1ccccc1)Nc1cccc(Cl)c1. The monoisotopic (exact) mass is 492 g/mol. The third-order valence-corrected chi connectivity index (χ3v) is 5.88. The maximum absolute atomic E-state index is 13.3. The molecule has 0 spiro atoms. The van der Waals surface area contributed by atoms with Crippen LogP contribution in [0, 0.1) is 0 Å². The first-order valence-corrected chi connectivity index (χ1v) is 11.3. The van der Waals surface area contributed by atoms with Crippen LogP contribution < -0.4 is 10.7 Å². The minimum atomic E-state index is -0.997. The first-order chi connectivity index (χ1) is 16.4. The Morgan fingerprint density at radius 3 is 2.29 bits per heavy atom. The van der Waals surface area contributed by atoms with E-state index in [0.29, 0.717) is 16.3 Å². The van der Waals surface area contributed by atoms with Gasteiger partial charge in [0.1, 0.15) is 6.04 Å². The fourth-order valence-corrected chi connectivity index (χ4v) is 4.10. The lowest BCUT2D eigenvalue weighted by Crippen LogP contribution is -2.49. The summed E-state index contributed by atoms with van der Waals surface area (Å²) in [5.41, 5.74) is 4.49. The number of amides is 3. The summed E-state index contributed by atoms with van der Waals surface area (Å²) >= 11 is 11.5. The van der Waals surface area contributed by atoms with E-state index < -0.39 is 17.9 Å². The van der Waals surface area contributed by atoms with Crippen molar-refractivity contribution >= 4 is 52.3 Å². The lowest BCUT2D eigenvalue weighted by molar-refractivity contribution is -0.131. The largest absolute Gasteiger partial charge is 0.326 e. The average Bonchev–Trinajstić information content (AvgIpc) is 3.04. The third-order valence-electron chi connectivity index (χ3n) is 5.23. The van der Waals surface area contributed by atoms with Crippen LogP contribution in [0.1, 0.15) is 22.3 Å². The number of halogens is 1. The van der Waals surface area contributed by atoms with E-state index in [1.54, 1.807) is 54.6 Å². The molecule has 9 heteroatoms. The molecule has 1 heterocycles. The van der Waals surface area contributed by atoms with Gasteiger partial charge in [-0.25, -0.2) is 5.01 Å². The van der Waals surface area contributed by atoms with Crippen LogP contribution in [0.5, 0.6) is 0 Å². The molecule has 0 aromatic heterocycles. The number of thiocarbonyl (C=S) groups is 1. The van der Waals surface area contributed by atoms with Crippen molar-refractivity contribution in [2.75, 3.05) is 5.32 Å². The first-order valence-electron chi connectivity index (χ1n) is 10.5. The fraction of sp³-hybridized carbons (Fsp3) is 0.120. The van der Waals surface area contributed by atoms with E-state index in [2.05, 4.69) is 10.7 Å². The first kappa shape index (κ1) is 23.4. The molecule has 1 saturated heterocycles. The maximum Gasteiger partial charge on any atom is 0.269 e. The molecule has 0 saturated carbocycles. The molecule has 0 aliphatic carbocycles. The average molecular weight is 493 g/mol. The van der Waals surface area contributed by atoms with E-state index in [-0.39, 0.29) is 24.0 Å². The van der Waals surface area contributed by atoms with Crippen LogP contribution in [0.25, 0.3) is 0 Å². The summed E-state index contributed by atoms with van der Waals surface area (Å²) in [5, 5.41) is 4.64. The zero-order valence-electron chi connectivity index (χ0n) is 18.0. The molecule has 2 N–H and O–H groups in total. The standard InChI is InChI=1S/C25H21ClN4O3S/c26-19-12-7-13-20(14-19)27-22(31)15-21-24(33)29(16-17-8-3-1-4-9-17)25(34)30(21)28-23(32)18-10-5-2-6-11-18/h1-14,21H,15-16H2,(H,27,31)(H,28,32). The summed E-state index contributed by atoms with van der Waals surface area (Å²) in [6.45, 7) is 0.225. The van der Waals surface area contributed by atoms with Crippen molar-refractivity contribution < 1.29 is 14.4 Å². The quantitative estimate of drug-likeness (QED) is 0.487. The van der Waals surface area contributed by atoms with E-state index in [4.69, 9.17) is 23.8 Å². The van der Waals surface area contributed by atoms with Crippen LogP contribution in [0.4, 0.5) is 5.69 Å². The van der Waals surface area contributed by atoms with Gasteiger partial charge in [0.15, 0.2) is 5.11 Å². The number of anilines is 1. The van der Waals surface area contributed by atoms with Crippen molar-refractivity contribution in [3.8, 4) is 0 Å². The minimum Gasteiger partial charge on any atom is -0.326 e. The molecule has 1 aliphatic rings. The number of rotatable bonds is 7. The highest BCUT2D eigenvalue weighted by Gasteiger charge is 2.44. The number of benzene rings is 3. The molecule has 1 atom stereocenters.